The van der Waals surface area contributed by atoms with Gasteiger partial charge in [-0.3, -0.25) is 0 Å². The average molecular weight is 506 g/mol. The Kier molecular flexibility index (Phi) is 7.43. The highest BCUT2D eigenvalue weighted by atomic mass is 79.9. The average Bonchev–Trinajstić information content (AvgIpc) is 2.50. The molecule has 0 heterocycles. The molecule has 2 aromatic rings. The monoisotopic (exact) mass is 504 g/mol. The first-order valence-corrected chi connectivity index (χ1v) is 8.01. The van der Waals surface area contributed by atoms with Gasteiger partial charge in [0.05, 0.1) is 16.8 Å². The summed E-state index contributed by atoms with van der Waals surface area (Å²) in [5.74, 6) is 0. The van der Waals surface area contributed by atoms with Crippen molar-refractivity contribution in [2.75, 3.05) is 5.73 Å². The summed E-state index contributed by atoms with van der Waals surface area (Å²) in [6.45, 7) is 0. The van der Waals surface area contributed by atoms with E-state index in [1.807, 2.05) is 0 Å². The number of hydrogen-bond acceptors (Lipinski definition) is 3. The number of nitrogen functional groups attached to an aromatic ring is 1. The van der Waals surface area contributed by atoms with E-state index >= 15 is 0 Å². The number of benzene rings is 2. The molecule has 0 amide bonds. The maximum Gasteiger partial charge on any atom is 0.417 e. The quantitative estimate of drug-likeness (QED) is 0.208. The van der Waals surface area contributed by atoms with E-state index in [0.717, 1.165) is 12.1 Å². The molecule has 0 aliphatic rings. The third-order valence-corrected chi connectivity index (χ3v) is 4.11. The number of anilines is 1. The van der Waals surface area contributed by atoms with Crippen LogP contribution in [0.4, 0.5) is 37.7 Å². The predicted octanol–water partition coefficient (Wildman–Crippen LogP) is 6.49. The van der Waals surface area contributed by atoms with Crippen LogP contribution in [-0.2, 0) is 17.1 Å². The summed E-state index contributed by atoms with van der Waals surface area (Å²) in [6.07, 6.45) is -7.64. The van der Waals surface area contributed by atoms with Crippen molar-refractivity contribution in [3.05, 3.63) is 56.5 Å². The lowest BCUT2D eigenvalue weighted by molar-refractivity contribution is -0.139. The fourth-order valence-electron chi connectivity index (χ4n) is 1.61. The van der Waals surface area contributed by atoms with E-state index in [1.165, 1.54) is 30.3 Å². The van der Waals surface area contributed by atoms with E-state index in [0.29, 0.717) is 0 Å². The number of isocyanates is 1. The third kappa shape index (κ3) is 6.47. The highest BCUT2D eigenvalue weighted by Gasteiger charge is 2.33. The van der Waals surface area contributed by atoms with Crippen LogP contribution in [-0.4, -0.2) is 6.08 Å². The van der Waals surface area contributed by atoms with Crippen molar-refractivity contribution in [2.45, 2.75) is 12.4 Å². The number of rotatable bonds is 1. The molecule has 2 aromatic carbocycles. The van der Waals surface area contributed by atoms with E-state index in [-0.39, 0.29) is 20.3 Å². The smallest absolute Gasteiger partial charge is 0.399 e. The van der Waals surface area contributed by atoms with Gasteiger partial charge in [-0.2, -0.15) is 31.3 Å². The van der Waals surface area contributed by atoms with Gasteiger partial charge in [0.15, 0.2) is 0 Å². The first-order valence-electron chi connectivity index (χ1n) is 6.43. The zero-order valence-corrected chi connectivity index (χ0v) is 15.6. The van der Waals surface area contributed by atoms with Crippen molar-refractivity contribution < 1.29 is 31.1 Å². The number of alkyl halides is 6. The molecular weight excluding hydrogens is 498 g/mol. The molecule has 11 heteroatoms. The lowest BCUT2D eigenvalue weighted by atomic mass is 10.2. The Hall–Kier alpha value is -1.84. The van der Waals surface area contributed by atoms with Gasteiger partial charge in [0.1, 0.15) is 0 Å². The van der Waals surface area contributed by atoms with Gasteiger partial charge in [-0.05, 0) is 36.4 Å². The van der Waals surface area contributed by atoms with Gasteiger partial charge in [0.25, 0.3) is 0 Å². The molecule has 0 fully saturated rings. The summed E-state index contributed by atoms with van der Waals surface area (Å²) in [5, 5.41) is 0. The molecular formula is C15H8Br2F6N2O. The van der Waals surface area contributed by atoms with Crippen LogP contribution < -0.4 is 5.73 Å². The molecule has 0 unspecified atom stereocenters. The number of aliphatic imine (C=N–C) groups is 1. The third-order valence-electron chi connectivity index (χ3n) is 2.73. The fraction of sp³-hybridized carbons (Fsp3) is 0.133. The van der Waals surface area contributed by atoms with Crippen LogP contribution in [0.1, 0.15) is 11.1 Å². The topological polar surface area (TPSA) is 55.5 Å². The number of nitrogens with two attached hydrogens (primary N) is 1. The Balaban J connectivity index is 0.000000263. The summed E-state index contributed by atoms with van der Waals surface area (Å²) in [7, 11) is 0. The molecule has 2 rings (SSSR count). The predicted molar refractivity (Wildman–Crippen MR) is 90.5 cm³/mol. The zero-order valence-electron chi connectivity index (χ0n) is 12.4. The second-order valence-corrected chi connectivity index (χ2v) is 6.31. The second kappa shape index (κ2) is 8.70. The number of hydrogen-bond donors (Lipinski definition) is 1. The van der Waals surface area contributed by atoms with Crippen molar-refractivity contribution in [3.8, 4) is 0 Å². The van der Waals surface area contributed by atoms with Crippen LogP contribution in [0.5, 0.6) is 0 Å². The van der Waals surface area contributed by atoms with Crippen LogP contribution in [0.2, 0.25) is 0 Å². The molecule has 0 aliphatic carbocycles. The Morgan fingerprint density at radius 2 is 1.31 bits per heavy atom. The normalized spacial score (nSPS) is 11.2. The van der Waals surface area contributed by atoms with E-state index in [1.54, 1.807) is 0 Å². The summed E-state index contributed by atoms with van der Waals surface area (Å²) < 4.78 is 73.2. The molecule has 0 aliphatic heterocycles. The SMILES string of the molecule is Nc1ccc(Br)c(C(F)(F)F)c1.O=C=Nc1ccc(Br)c(C(F)(F)F)c1. The van der Waals surface area contributed by atoms with Crippen molar-refractivity contribution >= 4 is 49.3 Å². The molecule has 0 saturated carbocycles. The lowest BCUT2D eigenvalue weighted by Gasteiger charge is -2.08. The van der Waals surface area contributed by atoms with E-state index in [2.05, 4.69) is 36.9 Å². The minimum atomic E-state index is -4.47. The maximum absolute atomic E-state index is 12.3. The molecule has 0 spiro atoms. The standard InChI is InChI=1S/C8H3BrF3NO.C7H5BrF3N/c9-7-2-1-5(13-4-14)3-6(7)8(10,11)12;8-6-2-1-4(12)3-5(6)7(9,10)11/h1-3H;1-3H,12H2. The molecule has 0 radical (unpaired) electrons. The van der Waals surface area contributed by atoms with Gasteiger partial charge in [-0.15, -0.1) is 0 Å². The minimum Gasteiger partial charge on any atom is -0.399 e. The molecule has 140 valence electrons. The molecule has 0 bridgehead atoms. The van der Waals surface area contributed by atoms with Gasteiger partial charge in [0.2, 0.25) is 6.08 Å². The Morgan fingerprint density at radius 3 is 1.73 bits per heavy atom. The highest BCUT2D eigenvalue weighted by molar-refractivity contribution is 9.10. The van der Waals surface area contributed by atoms with Crippen LogP contribution in [0.3, 0.4) is 0 Å². The van der Waals surface area contributed by atoms with Crippen LogP contribution >= 0.6 is 31.9 Å². The van der Waals surface area contributed by atoms with Gasteiger partial charge >= 0.3 is 12.4 Å². The maximum atomic E-state index is 12.3. The molecule has 3 nitrogen and oxygen atoms in total. The molecule has 2 N–H and O–H groups in total. The highest BCUT2D eigenvalue weighted by Crippen LogP contribution is 2.37. The Labute approximate surface area is 160 Å². The molecule has 0 saturated heterocycles. The van der Waals surface area contributed by atoms with Crippen LogP contribution in [0.25, 0.3) is 0 Å². The molecule has 26 heavy (non-hydrogen) atoms. The first kappa shape index (κ1) is 22.2. The summed E-state index contributed by atoms with van der Waals surface area (Å²) in [5.41, 5.74) is 3.62. The number of halogens is 8. The van der Waals surface area contributed by atoms with Crippen molar-refractivity contribution in [2.24, 2.45) is 4.99 Å². The minimum absolute atomic E-state index is 0.00389. The van der Waals surface area contributed by atoms with Crippen molar-refractivity contribution in [1.82, 2.24) is 0 Å². The largest absolute Gasteiger partial charge is 0.417 e. The summed E-state index contributed by atoms with van der Waals surface area (Å²) in [4.78, 5) is 12.9. The van der Waals surface area contributed by atoms with Gasteiger partial charge in [-0.1, -0.05) is 31.9 Å². The molecule has 0 aromatic heterocycles. The number of nitrogens with zero attached hydrogens (tertiary/aromatic N) is 1. The Bertz CT molecular complexity index is 830. The fourth-order valence-corrected chi connectivity index (χ4v) is 2.56. The van der Waals surface area contributed by atoms with E-state index in [9.17, 15) is 31.1 Å². The number of carbonyl (C=O) groups excluding carboxylic acids is 1. The van der Waals surface area contributed by atoms with Crippen molar-refractivity contribution in [1.29, 1.82) is 0 Å². The Morgan fingerprint density at radius 1 is 0.846 bits per heavy atom. The van der Waals surface area contributed by atoms with Crippen molar-refractivity contribution in [3.63, 3.8) is 0 Å². The first-order chi connectivity index (χ1) is 11.9. The zero-order chi connectivity index (χ0) is 20.1. The molecule has 0 atom stereocenters. The second-order valence-electron chi connectivity index (χ2n) is 4.60. The van der Waals surface area contributed by atoms with Crippen LogP contribution in [0, 0.1) is 0 Å². The summed E-state index contributed by atoms with van der Waals surface area (Å²) >= 11 is 5.55. The van der Waals surface area contributed by atoms with Gasteiger partial charge < -0.3 is 5.73 Å². The van der Waals surface area contributed by atoms with E-state index < -0.39 is 23.5 Å². The lowest BCUT2D eigenvalue weighted by Crippen LogP contribution is -2.06. The van der Waals surface area contributed by atoms with Gasteiger partial charge in [-0.25, -0.2) is 4.79 Å². The summed E-state index contributed by atoms with van der Waals surface area (Å²) in [6, 6.07) is 6.81. The van der Waals surface area contributed by atoms with Crippen LogP contribution in [0.15, 0.2) is 50.3 Å². The van der Waals surface area contributed by atoms with Gasteiger partial charge in [0, 0.05) is 14.6 Å². The van der Waals surface area contributed by atoms with E-state index in [4.69, 9.17) is 5.73 Å².